The lowest BCUT2D eigenvalue weighted by molar-refractivity contribution is -0.0175. The minimum Gasteiger partial charge on any atom is -0.496 e. The highest BCUT2D eigenvalue weighted by Crippen LogP contribution is 2.51. The van der Waals surface area contributed by atoms with Crippen molar-refractivity contribution in [3.8, 4) is 11.5 Å². The van der Waals surface area contributed by atoms with E-state index in [0.717, 1.165) is 71.8 Å². The van der Waals surface area contributed by atoms with Crippen molar-refractivity contribution in [1.82, 2.24) is 4.90 Å². The Morgan fingerprint density at radius 1 is 0.838 bits per heavy atom. The van der Waals surface area contributed by atoms with Crippen LogP contribution < -0.4 is 9.47 Å². The molecule has 1 aliphatic rings. The SMILES string of the molecule is COc1c(C)c(C)c(OC)c(C(O)(c2ccc(C(C)C)cc2)C2CCN(Cc3ccccc3)CC2)c1C. The number of rotatable bonds is 8. The molecule has 1 aliphatic heterocycles. The maximum atomic E-state index is 13.0. The number of benzene rings is 3. The topological polar surface area (TPSA) is 41.9 Å². The van der Waals surface area contributed by atoms with Gasteiger partial charge in [0, 0.05) is 17.7 Å². The molecule has 198 valence electrons. The van der Waals surface area contributed by atoms with E-state index < -0.39 is 5.60 Å². The summed E-state index contributed by atoms with van der Waals surface area (Å²) in [6, 6.07) is 19.2. The first-order chi connectivity index (χ1) is 17.7. The summed E-state index contributed by atoms with van der Waals surface area (Å²) < 4.78 is 11.9. The lowest BCUT2D eigenvalue weighted by Crippen LogP contribution is -2.44. The van der Waals surface area contributed by atoms with Crippen molar-refractivity contribution < 1.29 is 14.6 Å². The molecule has 4 heteroatoms. The van der Waals surface area contributed by atoms with Crippen molar-refractivity contribution in [1.29, 1.82) is 0 Å². The van der Waals surface area contributed by atoms with Gasteiger partial charge in [0.2, 0.25) is 0 Å². The molecule has 3 aromatic rings. The van der Waals surface area contributed by atoms with Gasteiger partial charge >= 0.3 is 0 Å². The van der Waals surface area contributed by atoms with Gasteiger partial charge in [0.25, 0.3) is 0 Å². The molecule has 0 saturated carbocycles. The molecular weight excluding hydrogens is 458 g/mol. The Balaban J connectivity index is 1.79. The summed E-state index contributed by atoms with van der Waals surface area (Å²) >= 11 is 0. The summed E-state index contributed by atoms with van der Waals surface area (Å²) in [5.74, 6) is 2.06. The number of nitrogens with zero attached hydrogens (tertiary/aromatic N) is 1. The molecule has 0 aliphatic carbocycles. The van der Waals surface area contributed by atoms with Crippen LogP contribution in [0.1, 0.15) is 71.6 Å². The molecule has 1 heterocycles. The van der Waals surface area contributed by atoms with Crippen LogP contribution in [0.15, 0.2) is 54.6 Å². The molecule has 0 bridgehead atoms. The smallest absolute Gasteiger partial charge is 0.129 e. The summed E-state index contributed by atoms with van der Waals surface area (Å²) in [7, 11) is 3.42. The molecule has 1 fully saturated rings. The van der Waals surface area contributed by atoms with E-state index in [-0.39, 0.29) is 5.92 Å². The lowest BCUT2D eigenvalue weighted by Gasteiger charge is -2.44. The fourth-order valence-corrected chi connectivity index (χ4v) is 6.17. The van der Waals surface area contributed by atoms with Crippen molar-refractivity contribution >= 4 is 0 Å². The minimum absolute atomic E-state index is 0.0452. The highest BCUT2D eigenvalue weighted by Gasteiger charge is 2.45. The van der Waals surface area contributed by atoms with Crippen LogP contribution in [0.25, 0.3) is 0 Å². The summed E-state index contributed by atoms with van der Waals surface area (Å²) in [6.45, 7) is 13.4. The van der Waals surface area contributed by atoms with Crippen LogP contribution in [0.2, 0.25) is 0 Å². The van der Waals surface area contributed by atoms with Gasteiger partial charge in [-0.1, -0.05) is 68.4 Å². The van der Waals surface area contributed by atoms with Gasteiger partial charge in [-0.3, -0.25) is 4.90 Å². The molecule has 0 aromatic heterocycles. The summed E-state index contributed by atoms with van der Waals surface area (Å²) in [6.07, 6.45) is 1.79. The predicted molar refractivity (Wildman–Crippen MR) is 152 cm³/mol. The number of methoxy groups -OCH3 is 2. The van der Waals surface area contributed by atoms with Gasteiger partial charge < -0.3 is 14.6 Å². The van der Waals surface area contributed by atoms with E-state index in [1.54, 1.807) is 14.2 Å². The van der Waals surface area contributed by atoms with Gasteiger partial charge in [-0.2, -0.15) is 0 Å². The second-order valence-electron chi connectivity index (χ2n) is 10.9. The molecule has 3 aromatic carbocycles. The summed E-state index contributed by atoms with van der Waals surface area (Å²) in [5, 5.41) is 13.0. The third kappa shape index (κ3) is 5.15. The maximum Gasteiger partial charge on any atom is 0.129 e. The van der Waals surface area contributed by atoms with E-state index in [9.17, 15) is 5.11 Å². The van der Waals surface area contributed by atoms with Gasteiger partial charge in [0.15, 0.2) is 0 Å². The van der Waals surface area contributed by atoms with Crippen LogP contribution in [-0.4, -0.2) is 37.3 Å². The minimum atomic E-state index is -1.20. The molecular formula is C33H43NO3. The van der Waals surface area contributed by atoms with E-state index >= 15 is 0 Å². The van der Waals surface area contributed by atoms with Crippen LogP contribution in [0.5, 0.6) is 11.5 Å². The number of ether oxygens (including phenoxy) is 2. The number of aliphatic hydroxyl groups is 1. The normalized spacial score (nSPS) is 16.6. The Bertz CT molecular complexity index is 1190. The third-order valence-electron chi connectivity index (χ3n) is 8.42. The predicted octanol–water partition coefficient (Wildman–Crippen LogP) is 6.90. The van der Waals surface area contributed by atoms with E-state index in [1.165, 1.54) is 11.1 Å². The monoisotopic (exact) mass is 501 g/mol. The van der Waals surface area contributed by atoms with Gasteiger partial charge in [0.1, 0.15) is 17.1 Å². The van der Waals surface area contributed by atoms with E-state index in [4.69, 9.17) is 9.47 Å². The summed E-state index contributed by atoms with van der Waals surface area (Å²) in [5.41, 5.74) is 6.18. The number of likely N-dealkylation sites (tertiary alicyclic amines) is 1. The fraction of sp³-hybridized carbons (Fsp3) is 0.455. The van der Waals surface area contributed by atoms with E-state index in [0.29, 0.717) is 5.92 Å². The Kier molecular flexibility index (Phi) is 8.30. The highest BCUT2D eigenvalue weighted by molar-refractivity contribution is 5.62. The average Bonchev–Trinajstić information content (AvgIpc) is 2.91. The molecule has 4 rings (SSSR count). The quantitative estimate of drug-likeness (QED) is 0.364. The van der Waals surface area contributed by atoms with E-state index in [1.807, 2.05) is 0 Å². The van der Waals surface area contributed by atoms with Gasteiger partial charge in [-0.05, 0) is 86.4 Å². The Morgan fingerprint density at radius 3 is 1.95 bits per heavy atom. The van der Waals surface area contributed by atoms with Crippen LogP contribution in [0, 0.1) is 26.7 Å². The van der Waals surface area contributed by atoms with Crippen LogP contribution in [-0.2, 0) is 12.1 Å². The average molecular weight is 502 g/mol. The number of piperidine rings is 1. The maximum absolute atomic E-state index is 13.0. The zero-order chi connectivity index (χ0) is 26.7. The first-order valence-electron chi connectivity index (χ1n) is 13.5. The van der Waals surface area contributed by atoms with Gasteiger partial charge in [-0.25, -0.2) is 0 Å². The molecule has 1 N–H and O–H groups in total. The Morgan fingerprint density at radius 2 is 1.41 bits per heavy atom. The van der Waals surface area contributed by atoms with Crippen LogP contribution >= 0.6 is 0 Å². The van der Waals surface area contributed by atoms with Crippen LogP contribution in [0.4, 0.5) is 0 Å². The molecule has 1 atom stereocenters. The van der Waals surface area contributed by atoms with Crippen molar-refractivity contribution in [2.75, 3.05) is 27.3 Å². The summed E-state index contributed by atoms with van der Waals surface area (Å²) in [4.78, 5) is 2.50. The van der Waals surface area contributed by atoms with Crippen molar-refractivity contribution in [2.45, 2.75) is 65.5 Å². The van der Waals surface area contributed by atoms with Crippen molar-refractivity contribution in [3.63, 3.8) is 0 Å². The zero-order valence-corrected chi connectivity index (χ0v) is 23.6. The molecule has 0 spiro atoms. The van der Waals surface area contributed by atoms with E-state index in [2.05, 4.69) is 94.1 Å². The van der Waals surface area contributed by atoms with Crippen molar-refractivity contribution in [3.05, 3.63) is 93.5 Å². The van der Waals surface area contributed by atoms with Gasteiger partial charge in [0.05, 0.1) is 14.2 Å². The Hall–Kier alpha value is -2.82. The molecule has 1 saturated heterocycles. The molecule has 1 unspecified atom stereocenters. The molecule has 4 nitrogen and oxygen atoms in total. The highest BCUT2D eigenvalue weighted by atomic mass is 16.5. The second kappa shape index (κ2) is 11.3. The molecule has 0 amide bonds. The molecule has 37 heavy (non-hydrogen) atoms. The first kappa shape index (κ1) is 27.2. The van der Waals surface area contributed by atoms with Gasteiger partial charge in [-0.15, -0.1) is 0 Å². The zero-order valence-electron chi connectivity index (χ0n) is 23.6. The van der Waals surface area contributed by atoms with Crippen molar-refractivity contribution in [2.24, 2.45) is 5.92 Å². The second-order valence-corrected chi connectivity index (χ2v) is 10.9. The lowest BCUT2D eigenvalue weighted by atomic mass is 9.69. The fourth-order valence-electron chi connectivity index (χ4n) is 6.17. The number of hydrogen-bond donors (Lipinski definition) is 1. The van der Waals surface area contributed by atoms with Crippen LogP contribution in [0.3, 0.4) is 0 Å². The first-order valence-corrected chi connectivity index (χ1v) is 13.5. The number of hydrogen-bond acceptors (Lipinski definition) is 4. The standard InChI is InChI=1S/C33H43NO3/c1-22(2)27-13-15-28(16-14-27)33(35,30-25(5)31(36-6)23(3)24(4)32(30)37-7)29-17-19-34(20-18-29)21-26-11-9-8-10-12-26/h8-16,22,29,35H,17-21H2,1-7H3. The Labute approximate surface area is 223 Å². The third-order valence-corrected chi connectivity index (χ3v) is 8.42. The molecule has 0 radical (unpaired) electrons. The largest absolute Gasteiger partial charge is 0.496 e.